The van der Waals surface area contributed by atoms with Gasteiger partial charge in [-0.2, -0.15) is 0 Å². The van der Waals surface area contributed by atoms with Crippen LogP contribution in [0.5, 0.6) is 0 Å². The normalized spacial score (nSPS) is 24.5. The molecule has 2 fully saturated rings. The maximum absolute atomic E-state index is 12.2. The number of nitrogens with one attached hydrogen (secondary N) is 1. The monoisotopic (exact) mass is 339 g/mol. The van der Waals surface area contributed by atoms with Crippen molar-refractivity contribution in [2.45, 2.75) is 38.8 Å². The summed E-state index contributed by atoms with van der Waals surface area (Å²) in [4.78, 5) is 19.1. The van der Waals surface area contributed by atoms with Gasteiger partial charge in [-0.15, -0.1) is 0 Å². The highest BCUT2D eigenvalue weighted by molar-refractivity contribution is 5.94. The van der Waals surface area contributed by atoms with Gasteiger partial charge in [0.1, 0.15) is 6.10 Å². The Bertz CT molecular complexity index is 803. The van der Waals surface area contributed by atoms with Crippen molar-refractivity contribution < 1.29 is 9.90 Å². The Morgan fingerprint density at radius 2 is 2.12 bits per heavy atom. The van der Waals surface area contributed by atoms with Crippen LogP contribution in [0.4, 0.5) is 5.69 Å². The van der Waals surface area contributed by atoms with Crippen LogP contribution in [0.2, 0.25) is 0 Å². The summed E-state index contributed by atoms with van der Waals surface area (Å²) < 4.78 is 0. The van der Waals surface area contributed by atoms with E-state index in [1.165, 1.54) is 11.3 Å². The lowest BCUT2D eigenvalue weighted by atomic mass is 10.1. The standard InChI is InChI=1S/C20H25N3O2/c1-12-5-8-17(15-4-3-9-21-18(12)15)23-10-13(2)16(11-23)22-20(25)19(24)14-6-7-14/h3-5,8-9,13-14,16,19,24H,6-7,10-11H2,1-2H3,(H,22,25)/t13-,16+,19?/m1/s1. The summed E-state index contributed by atoms with van der Waals surface area (Å²) in [6.07, 6.45) is 2.91. The number of aromatic nitrogens is 1. The summed E-state index contributed by atoms with van der Waals surface area (Å²) in [6.45, 7) is 5.88. The number of nitrogens with zero attached hydrogens (tertiary/aromatic N) is 2. The molecule has 0 radical (unpaired) electrons. The van der Waals surface area contributed by atoms with Crippen molar-refractivity contribution >= 4 is 22.5 Å². The first-order valence-corrected chi connectivity index (χ1v) is 9.12. The number of aryl methyl sites for hydroxylation is 1. The summed E-state index contributed by atoms with van der Waals surface area (Å²) in [5, 5.41) is 14.2. The quantitative estimate of drug-likeness (QED) is 0.897. The first-order chi connectivity index (χ1) is 12.0. The predicted molar refractivity (Wildman–Crippen MR) is 98.5 cm³/mol. The van der Waals surface area contributed by atoms with Crippen LogP contribution in [0, 0.1) is 18.8 Å². The second-order valence-electron chi connectivity index (χ2n) is 7.58. The van der Waals surface area contributed by atoms with Crippen molar-refractivity contribution in [3.05, 3.63) is 36.0 Å². The first kappa shape index (κ1) is 16.3. The average molecular weight is 339 g/mol. The number of aliphatic hydroxyl groups excluding tert-OH is 1. The fraction of sp³-hybridized carbons (Fsp3) is 0.500. The van der Waals surface area contributed by atoms with Crippen LogP contribution in [-0.4, -0.2) is 41.2 Å². The van der Waals surface area contributed by atoms with Crippen LogP contribution >= 0.6 is 0 Å². The van der Waals surface area contributed by atoms with E-state index in [0.717, 1.165) is 36.8 Å². The molecule has 5 heteroatoms. The number of anilines is 1. The van der Waals surface area contributed by atoms with Gasteiger partial charge in [-0.3, -0.25) is 9.78 Å². The van der Waals surface area contributed by atoms with Gasteiger partial charge in [0.15, 0.2) is 0 Å². The Labute approximate surface area is 148 Å². The van der Waals surface area contributed by atoms with E-state index in [2.05, 4.69) is 47.2 Å². The van der Waals surface area contributed by atoms with Crippen molar-refractivity contribution in [1.29, 1.82) is 0 Å². The molecule has 1 aliphatic carbocycles. The number of fused-ring (bicyclic) bond motifs is 1. The Hall–Kier alpha value is -2.14. The molecule has 0 spiro atoms. The second kappa shape index (κ2) is 6.30. The predicted octanol–water partition coefficient (Wildman–Crippen LogP) is 2.26. The van der Waals surface area contributed by atoms with E-state index in [-0.39, 0.29) is 17.9 Å². The molecule has 3 atom stereocenters. The molecule has 1 amide bonds. The van der Waals surface area contributed by atoms with E-state index in [1.54, 1.807) is 0 Å². The van der Waals surface area contributed by atoms with Crippen molar-refractivity contribution in [3.8, 4) is 0 Å². The minimum atomic E-state index is -0.842. The maximum atomic E-state index is 12.2. The Morgan fingerprint density at radius 3 is 2.88 bits per heavy atom. The molecule has 2 N–H and O–H groups in total. The van der Waals surface area contributed by atoms with Crippen LogP contribution in [-0.2, 0) is 4.79 Å². The third kappa shape index (κ3) is 3.09. The summed E-state index contributed by atoms with van der Waals surface area (Å²) >= 11 is 0. The van der Waals surface area contributed by atoms with Crippen LogP contribution < -0.4 is 10.2 Å². The second-order valence-corrected chi connectivity index (χ2v) is 7.58. The third-order valence-electron chi connectivity index (χ3n) is 5.57. The molecule has 25 heavy (non-hydrogen) atoms. The molecule has 4 rings (SSSR count). The summed E-state index contributed by atoms with van der Waals surface area (Å²) in [7, 11) is 0. The van der Waals surface area contributed by atoms with Crippen LogP contribution in [0.3, 0.4) is 0 Å². The van der Waals surface area contributed by atoms with E-state index in [9.17, 15) is 9.90 Å². The maximum Gasteiger partial charge on any atom is 0.249 e. The first-order valence-electron chi connectivity index (χ1n) is 9.12. The Balaban J connectivity index is 1.53. The van der Waals surface area contributed by atoms with E-state index >= 15 is 0 Å². The zero-order valence-corrected chi connectivity index (χ0v) is 14.8. The topological polar surface area (TPSA) is 65.5 Å². The smallest absolute Gasteiger partial charge is 0.249 e. The lowest BCUT2D eigenvalue weighted by molar-refractivity contribution is -0.131. The number of carbonyl (C=O) groups excluding carboxylic acids is 1. The van der Waals surface area contributed by atoms with Gasteiger partial charge in [0.25, 0.3) is 0 Å². The highest BCUT2D eigenvalue weighted by atomic mass is 16.3. The molecular weight excluding hydrogens is 314 g/mol. The number of rotatable bonds is 4. The molecule has 2 aromatic rings. The number of hydrogen-bond acceptors (Lipinski definition) is 4. The van der Waals surface area contributed by atoms with Gasteiger partial charge in [-0.25, -0.2) is 0 Å². The SMILES string of the molecule is Cc1ccc(N2C[C@@H](C)[C@@H](NC(=O)C(O)C3CC3)C2)c2cccnc12. The highest BCUT2D eigenvalue weighted by Gasteiger charge is 2.38. The van der Waals surface area contributed by atoms with Gasteiger partial charge in [0.05, 0.1) is 11.6 Å². The molecule has 1 saturated heterocycles. The van der Waals surface area contributed by atoms with Gasteiger partial charge in [0, 0.05) is 30.4 Å². The largest absolute Gasteiger partial charge is 0.383 e. The molecule has 1 unspecified atom stereocenters. The van der Waals surface area contributed by atoms with Crippen LogP contribution in [0.1, 0.15) is 25.3 Å². The summed E-state index contributed by atoms with van der Waals surface area (Å²) in [6, 6.07) is 8.40. The number of amides is 1. The zero-order valence-electron chi connectivity index (χ0n) is 14.8. The molecule has 2 heterocycles. The molecule has 1 saturated carbocycles. The molecule has 132 valence electrons. The number of benzene rings is 1. The Kier molecular flexibility index (Phi) is 4.12. The average Bonchev–Trinajstić information content (AvgIpc) is 3.40. The van der Waals surface area contributed by atoms with Crippen molar-refractivity contribution in [3.63, 3.8) is 0 Å². The molecule has 0 bridgehead atoms. The number of pyridine rings is 1. The van der Waals surface area contributed by atoms with E-state index in [0.29, 0.717) is 5.92 Å². The molecule has 2 aliphatic rings. The number of carbonyl (C=O) groups is 1. The molecule has 1 aromatic heterocycles. The molecule has 1 aromatic carbocycles. The van der Waals surface area contributed by atoms with Gasteiger partial charge in [0.2, 0.25) is 5.91 Å². The van der Waals surface area contributed by atoms with Crippen molar-refractivity contribution in [2.24, 2.45) is 11.8 Å². The minimum absolute atomic E-state index is 0.0638. The molecule has 5 nitrogen and oxygen atoms in total. The molecule has 1 aliphatic heterocycles. The van der Waals surface area contributed by atoms with Crippen molar-refractivity contribution in [2.75, 3.05) is 18.0 Å². The van der Waals surface area contributed by atoms with Crippen LogP contribution in [0.15, 0.2) is 30.5 Å². The van der Waals surface area contributed by atoms with Crippen LogP contribution in [0.25, 0.3) is 10.9 Å². The van der Waals surface area contributed by atoms with E-state index < -0.39 is 6.10 Å². The van der Waals surface area contributed by atoms with Gasteiger partial charge >= 0.3 is 0 Å². The third-order valence-corrected chi connectivity index (χ3v) is 5.57. The zero-order chi connectivity index (χ0) is 17.6. The van der Waals surface area contributed by atoms with Gasteiger partial charge in [-0.05, 0) is 55.4 Å². The summed E-state index contributed by atoms with van der Waals surface area (Å²) in [5.41, 5.74) is 3.37. The summed E-state index contributed by atoms with van der Waals surface area (Å²) in [5.74, 6) is 0.292. The molecular formula is C20H25N3O2. The lowest BCUT2D eigenvalue weighted by Gasteiger charge is -2.22. The highest BCUT2D eigenvalue weighted by Crippen LogP contribution is 2.34. The van der Waals surface area contributed by atoms with E-state index in [4.69, 9.17) is 0 Å². The number of aliphatic hydroxyl groups is 1. The fourth-order valence-corrected chi connectivity index (χ4v) is 3.82. The van der Waals surface area contributed by atoms with E-state index in [1.807, 2.05) is 12.3 Å². The minimum Gasteiger partial charge on any atom is -0.383 e. The fourth-order valence-electron chi connectivity index (χ4n) is 3.82. The Morgan fingerprint density at radius 1 is 1.32 bits per heavy atom. The van der Waals surface area contributed by atoms with Gasteiger partial charge in [-0.1, -0.05) is 13.0 Å². The lowest BCUT2D eigenvalue weighted by Crippen LogP contribution is -2.45. The number of hydrogen-bond donors (Lipinski definition) is 2. The van der Waals surface area contributed by atoms with Crippen molar-refractivity contribution in [1.82, 2.24) is 10.3 Å². The van der Waals surface area contributed by atoms with Gasteiger partial charge < -0.3 is 15.3 Å².